The predicted octanol–water partition coefficient (Wildman–Crippen LogP) is 1.93. The maximum atomic E-state index is 11.9. The fraction of sp³-hybridized carbons (Fsp3) is 0.308. The first-order valence-electron chi connectivity index (χ1n) is 5.75. The van der Waals surface area contributed by atoms with Gasteiger partial charge < -0.3 is 15.0 Å². The Bertz CT molecular complexity index is 505. The summed E-state index contributed by atoms with van der Waals surface area (Å²) < 4.78 is 5.17. The minimum atomic E-state index is -0.0715. The van der Waals surface area contributed by atoms with Crippen molar-refractivity contribution in [1.29, 1.82) is 0 Å². The SMILES string of the molecule is CCOCCNC(=O)c1cccc2cc[nH]c12. The van der Waals surface area contributed by atoms with E-state index >= 15 is 0 Å². The number of para-hydroxylation sites is 1. The molecule has 2 aromatic rings. The topological polar surface area (TPSA) is 54.1 Å². The molecule has 0 saturated heterocycles. The van der Waals surface area contributed by atoms with Gasteiger partial charge >= 0.3 is 0 Å². The normalized spacial score (nSPS) is 10.6. The number of aromatic amines is 1. The molecule has 2 rings (SSSR count). The molecule has 0 aliphatic carbocycles. The maximum absolute atomic E-state index is 11.9. The standard InChI is InChI=1S/C13H16N2O2/c1-2-17-9-8-15-13(16)11-5-3-4-10-6-7-14-12(10)11/h3-7,14H,2,8-9H2,1H3,(H,15,16). The Morgan fingerprint density at radius 3 is 3.12 bits per heavy atom. The van der Waals surface area contributed by atoms with Gasteiger partial charge in [0, 0.05) is 24.7 Å². The lowest BCUT2D eigenvalue weighted by atomic mass is 10.1. The van der Waals surface area contributed by atoms with Crippen LogP contribution >= 0.6 is 0 Å². The maximum Gasteiger partial charge on any atom is 0.253 e. The molecule has 1 aromatic carbocycles. The Morgan fingerprint density at radius 2 is 2.29 bits per heavy atom. The van der Waals surface area contributed by atoms with E-state index in [0.29, 0.717) is 25.3 Å². The number of carbonyl (C=O) groups excluding carboxylic acids is 1. The number of rotatable bonds is 5. The number of H-pyrrole nitrogens is 1. The van der Waals surface area contributed by atoms with Gasteiger partial charge in [0.25, 0.3) is 5.91 Å². The minimum Gasteiger partial charge on any atom is -0.380 e. The smallest absolute Gasteiger partial charge is 0.253 e. The number of carbonyl (C=O) groups is 1. The number of aromatic nitrogens is 1. The van der Waals surface area contributed by atoms with Crippen LogP contribution in [-0.2, 0) is 4.74 Å². The highest BCUT2D eigenvalue weighted by atomic mass is 16.5. The van der Waals surface area contributed by atoms with Crippen LogP contribution in [0, 0.1) is 0 Å². The van der Waals surface area contributed by atoms with Crippen molar-refractivity contribution in [2.75, 3.05) is 19.8 Å². The van der Waals surface area contributed by atoms with Crippen molar-refractivity contribution in [2.24, 2.45) is 0 Å². The molecule has 2 N–H and O–H groups in total. The fourth-order valence-corrected chi connectivity index (χ4v) is 1.75. The first kappa shape index (κ1) is 11.7. The minimum absolute atomic E-state index is 0.0715. The zero-order chi connectivity index (χ0) is 12.1. The van der Waals surface area contributed by atoms with Crippen molar-refractivity contribution in [1.82, 2.24) is 10.3 Å². The number of fused-ring (bicyclic) bond motifs is 1. The third kappa shape index (κ3) is 2.65. The lowest BCUT2D eigenvalue weighted by Crippen LogP contribution is -2.27. The Hall–Kier alpha value is -1.81. The summed E-state index contributed by atoms with van der Waals surface area (Å²) in [5.41, 5.74) is 1.55. The number of benzene rings is 1. The van der Waals surface area contributed by atoms with E-state index in [4.69, 9.17) is 4.74 Å². The quantitative estimate of drug-likeness (QED) is 0.774. The summed E-state index contributed by atoms with van der Waals surface area (Å²) in [6, 6.07) is 7.62. The highest BCUT2D eigenvalue weighted by Gasteiger charge is 2.09. The van der Waals surface area contributed by atoms with E-state index in [9.17, 15) is 4.79 Å². The van der Waals surface area contributed by atoms with Crippen molar-refractivity contribution in [3.05, 3.63) is 36.0 Å². The molecule has 0 aliphatic rings. The molecule has 17 heavy (non-hydrogen) atoms. The van der Waals surface area contributed by atoms with Crippen LogP contribution in [0.1, 0.15) is 17.3 Å². The van der Waals surface area contributed by atoms with Gasteiger partial charge in [-0.2, -0.15) is 0 Å². The second kappa shape index (κ2) is 5.50. The number of ether oxygens (including phenoxy) is 1. The number of nitrogens with one attached hydrogen (secondary N) is 2. The van der Waals surface area contributed by atoms with Crippen LogP contribution < -0.4 is 5.32 Å². The summed E-state index contributed by atoms with van der Waals surface area (Å²) in [6.07, 6.45) is 1.83. The number of hydrogen-bond acceptors (Lipinski definition) is 2. The van der Waals surface area contributed by atoms with E-state index in [0.717, 1.165) is 10.9 Å². The third-order valence-electron chi connectivity index (χ3n) is 2.57. The first-order chi connectivity index (χ1) is 8.33. The van der Waals surface area contributed by atoms with Crippen molar-refractivity contribution < 1.29 is 9.53 Å². The van der Waals surface area contributed by atoms with E-state index in [1.54, 1.807) is 0 Å². The average Bonchev–Trinajstić information content (AvgIpc) is 2.82. The predicted molar refractivity (Wildman–Crippen MR) is 67.1 cm³/mol. The summed E-state index contributed by atoms with van der Waals surface area (Å²) in [5.74, 6) is -0.0715. The van der Waals surface area contributed by atoms with Gasteiger partial charge in [0.15, 0.2) is 0 Å². The lowest BCUT2D eigenvalue weighted by molar-refractivity contribution is 0.0924. The van der Waals surface area contributed by atoms with Crippen LogP contribution in [0.4, 0.5) is 0 Å². The van der Waals surface area contributed by atoms with Crippen molar-refractivity contribution in [3.8, 4) is 0 Å². The summed E-state index contributed by atoms with van der Waals surface area (Å²) in [7, 11) is 0. The molecule has 0 aliphatic heterocycles. The van der Waals surface area contributed by atoms with Crippen LogP contribution in [-0.4, -0.2) is 30.6 Å². The zero-order valence-electron chi connectivity index (χ0n) is 9.82. The molecular formula is C13H16N2O2. The Morgan fingerprint density at radius 1 is 1.41 bits per heavy atom. The van der Waals surface area contributed by atoms with Crippen LogP contribution in [0.5, 0.6) is 0 Å². The molecule has 4 heteroatoms. The molecule has 0 fully saturated rings. The lowest BCUT2D eigenvalue weighted by Gasteiger charge is -2.06. The molecule has 1 heterocycles. The highest BCUT2D eigenvalue weighted by Crippen LogP contribution is 2.16. The molecule has 0 unspecified atom stereocenters. The number of hydrogen-bond donors (Lipinski definition) is 2. The van der Waals surface area contributed by atoms with Crippen LogP contribution in [0.3, 0.4) is 0 Å². The zero-order valence-corrected chi connectivity index (χ0v) is 9.82. The van der Waals surface area contributed by atoms with Crippen molar-refractivity contribution >= 4 is 16.8 Å². The molecule has 0 radical (unpaired) electrons. The molecular weight excluding hydrogens is 216 g/mol. The fourth-order valence-electron chi connectivity index (χ4n) is 1.75. The molecule has 4 nitrogen and oxygen atoms in total. The van der Waals surface area contributed by atoms with Gasteiger partial charge in [-0.3, -0.25) is 4.79 Å². The molecule has 0 bridgehead atoms. The molecule has 1 aromatic heterocycles. The molecule has 0 saturated carbocycles. The highest BCUT2D eigenvalue weighted by molar-refractivity contribution is 6.05. The second-order valence-electron chi connectivity index (χ2n) is 3.70. The second-order valence-corrected chi connectivity index (χ2v) is 3.70. The van der Waals surface area contributed by atoms with Crippen LogP contribution in [0.15, 0.2) is 30.5 Å². The average molecular weight is 232 g/mol. The number of amides is 1. The van der Waals surface area contributed by atoms with Crippen molar-refractivity contribution in [3.63, 3.8) is 0 Å². The summed E-state index contributed by atoms with van der Waals surface area (Å²) in [5, 5.41) is 3.88. The van der Waals surface area contributed by atoms with Gasteiger partial charge in [-0.15, -0.1) is 0 Å². The van der Waals surface area contributed by atoms with Gasteiger partial charge in [0.05, 0.1) is 17.7 Å². The largest absolute Gasteiger partial charge is 0.380 e. The Balaban J connectivity index is 2.06. The van der Waals surface area contributed by atoms with Gasteiger partial charge in [-0.1, -0.05) is 12.1 Å². The molecule has 0 atom stereocenters. The van der Waals surface area contributed by atoms with E-state index in [-0.39, 0.29) is 5.91 Å². The first-order valence-corrected chi connectivity index (χ1v) is 5.75. The van der Waals surface area contributed by atoms with E-state index in [1.165, 1.54) is 0 Å². The van der Waals surface area contributed by atoms with Crippen molar-refractivity contribution in [2.45, 2.75) is 6.92 Å². The molecule has 0 spiro atoms. The Kier molecular flexibility index (Phi) is 3.77. The van der Waals surface area contributed by atoms with Crippen LogP contribution in [0.2, 0.25) is 0 Å². The monoisotopic (exact) mass is 232 g/mol. The summed E-state index contributed by atoms with van der Waals surface area (Å²) in [6.45, 7) is 3.68. The van der Waals surface area contributed by atoms with E-state index in [1.807, 2.05) is 37.4 Å². The van der Waals surface area contributed by atoms with E-state index < -0.39 is 0 Å². The van der Waals surface area contributed by atoms with Gasteiger partial charge in [0.1, 0.15) is 0 Å². The Labute approximate surface area is 100.0 Å². The van der Waals surface area contributed by atoms with Gasteiger partial charge in [-0.05, 0) is 19.1 Å². The summed E-state index contributed by atoms with van der Waals surface area (Å²) in [4.78, 5) is 15.0. The third-order valence-corrected chi connectivity index (χ3v) is 2.57. The molecule has 90 valence electrons. The molecule has 1 amide bonds. The summed E-state index contributed by atoms with van der Waals surface area (Å²) >= 11 is 0. The van der Waals surface area contributed by atoms with Gasteiger partial charge in [-0.25, -0.2) is 0 Å². The van der Waals surface area contributed by atoms with Gasteiger partial charge in [0.2, 0.25) is 0 Å². The van der Waals surface area contributed by atoms with E-state index in [2.05, 4.69) is 10.3 Å². The van der Waals surface area contributed by atoms with Crippen LogP contribution in [0.25, 0.3) is 10.9 Å².